The Kier molecular flexibility index (Phi) is 5.37. The molecule has 0 spiro atoms. The largest absolute Gasteiger partial charge is 0.480 e. The number of aromatic amines is 1. The lowest BCUT2D eigenvalue weighted by atomic mass is 9.97. The van der Waals surface area contributed by atoms with Gasteiger partial charge in [0.2, 0.25) is 5.91 Å². The summed E-state index contributed by atoms with van der Waals surface area (Å²) in [4.78, 5) is 27.1. The van der Waals surface area contributed by atoms with Crippen molar-refractivity contribution >= 4 is 22.8 Å². The first-order chi connectivity index (χ1) is 12.5. The molecule has 5 heteroatoms. The average molecular weight is 350 g/mol. The minimum atomic E-state index is -1.03. The molecule has 2 aromatic carbocycles. The monoisotopic (exact) mass is 350 g/mol. The molecule has 1 unspecified atom stereocenters. The Morgan fingerprint density at radius 1 is 1.08 bits per heavy atom. The number of H-pyrrole nitrogens is 1. The number of hydrogen-bond donors (Lipinski definition) is 3. The number of carbonyl (C=O) groups is 2. The zero-order chi connectivity index (χ0) is 18.5. The molecule has 0 fully saturated rings. The summed E-state index contributed by atoms with van der Waals surface area (Å²) in [5.74, 6) is -1.26. The molecule has 0 saturated carbocycles. The van der Waals surface area contributed by atoms with E-state index in [2.05, 4.69) is 10.3 Å². The molecule has 3 aromatic rings. The van der Waals surface area contributed by atoms with Crippen LogP contribution in [0.1, 0.15) is 30.4 Å². The van der Waals surface area contributed by atoms with Crippen molar-refractivity contribution in [3.63, 3.8) is 0 Å². The van der Waals surface area contributed by atoms with Crippen LogP contribution in [0.3, 0.4) is 0 Å². The minimum absolute atomic E-state index is 0.0266. The number of fused-ring (bicyclic) bond motifs is 1. The molecule has 0 saturated heterocycles. The van der Waals surface area contributed by atoms with E-state index < -0.39 is 12.0 Å². The summed E-state index contributed by atoms with van der Waals surface area (Å²) < 4.78 is 0. The fourth-order valence-corrected chi connectivity index (χ4v) is 3.15. The standard InChI is InChI=1S/C21H22N2O3/c1-14(15-7-3-2-4-8-15)11-20(24)23-19(21(25)26)12-16-13-22-18-10-6-5-9-17(16)18/h2-10,13-14,19,22H,11-12H2,1H3,(H,23,24)(H,25,26)/t14?,19-/m0/s1. The molecule has 5 nitrogen and oxygen atoms in total. The summed E-state index contributed by atoms with van der Waals surface area (Å²) in [6.45, 7) is 1.96. The van der Waals surface area contributed by atoms with Crippen molar-refractivity contribution in [2.24, 2.45) is 0 Å². The molecule has 0 aliphatic carbocycles. The van der Waals surface area contributed by atoms with Gasteiger partial charge in [-0.25, -0.2) is 4.79 Å². The number of carboxylic acid groups (broad SMARTS) is 1. The average Bonchev–Trinajstić information content (AvgIpc) is 3.05. The van der Waals surface area contributed by atoms with Crippen LogP contribution < -0.4 is 5.32 Å². The van der Waals surface area contributed by atoms with Crippen molar-refractivity contribution in [3.8, 4) is 0 Å². The number of rotatable bonds is 7. The van der Waals surface area contributed by atoms with Crippen molar-refractivity contribution in [2.45, 2.75) is 31.7 Å². The Hall–Kier alpha value is -3.08. The molecule has 0 aliphatic rings. The van der Waals surface area contributed by atoms with Gasteiger partial charge in [-0.05, 0) is 23.1 Å². The number of benzene rings is 2. The number of carboxylic acids is 1. The van der Waals surface area contributed by atoms with Gasteiger partial charge in [0, 0.05) is 29.9 Å². The van der Waals surface area contributed by atoms with Crippen molar-refractivity contribution in [3.05, 3.63) is 71.9 Å². The maximum absolute atomic E-state index is 12.4. The smallest absolute Gasteiger partial charge is 0.326 e. The molecule has 0 radical (unpaired) electrons. The van der Waals surface area contributed by atoms with Gasteiger partial charge in [-0.2, -0.15) is 0 Å². The highest BCUT2D eigenvalue weighted by Gasteiger charge is 2.23. The van der Waals surface area contributed by atoms with Crippen molar-refractivity contribution in [1.29, 1.82) is 0 Å². The maximum Gasteiger partial charge on any atom is 0.326 e. The molecule has 0 bridgehead atoms. The summed E-state index contributed by atoms with van der Waals surface area (Å²) in [5.41, 5.74) is 2.89. The summed E-state index contributed by atoms with van der Waals surface area (Å²) in [7, 11) is 0. The Bertz CT molecular complexity index is 902. The van der Waals surface area contributed by atoms with Crippen LogP contribution in [0.5, 0.6) is 0 Å². The lowest BCUT2D eigenvalue weighted by molar-refractivity contribution is -0.141. The van der Waals surface area contributed by atoms with Gasteiger partial charge in [0.15, 0.2) is 0 Å². The van der Waals surface area contributed by atoms with Gasteiger partial charge in [-0.15, -0.1) is 0 Å². The predicted octanol–water partition coefficient (Wildman–Crippen LogP) is 3.47. The van der Waals surface area contributed by atoms with Crippen LogP contribution >= 0.6 is 0 Å². The molecule has 26 heavy (non-hydrogen) atoms. The van der Waals surface area contributed by atoms with Crippen molar-refractivity contribution in [1.82, 2.24) is 10.3 Å². The first-order valence-corrected chi connectivity index (χ1v) is 8.66. The molecule has 3 rings (SSSR count). The van der Waals surface area contributed by atoms with Gasteiger partial charge in [0.05, 0.1) is 0 Å². The van der Waals surface area contributed by atoms with E-state index in [9.17, 15) is 14.7 Å². The van der Waals surface area contributed by atoms with E-state index in [4.69, 9.17) is 0 Å². The zero-order valence-corrected chi connectivity index (χ0v) is 14.6. The van der Waals surface area contributed by atoms with Gasteiger partial charge in [0.25, 0.3) is 0 Å². The topological polar surface area (TPSA) is 82.2 Å². The van der Waals surface area contributed by atoms with Crippen LogP contribution in [0.15, 0.2) is 60.8 Å². The van der Waals surface area contributed by atoms with E-state index >= 15 is 0 Å². The number of aromatic nitrogens is 1. The van der Waals surface area contributed by atoms with Crippen LogP contribution in [-0.4, -0.2) is 28.0 Å². The number of aliphatic carboxylic acids is 1. The van der Waals surface area contributed by atoms with Crippen LogP contribution in [0.4, 0.5) is 0 Å². The quantitative estimate of drug-likeness (QED) is 0.610. The van der Waals surface area contributed by atoms with Crippen LogP contribution in [0.2, 0.25) is 0 Å². The molecular formula is C21H22N2O3. The fourth-order valence-electron chi connectivity index (χ4n) is 3.15. The van der Waals surface area contributed by atoms with E-state index in [-0.39, 0.29) is 24.7 Å². The number of nitrogens with one attached hydrogen (secondary N) is 2. The van der Waals surface area contributed by atoms with Crippen LogP contribution in [-0.2, 0) is 16.0 Å². The van der Waals surface area contributed by atoms with Gasteiger partial charge in [-0.3, -0.25) is 4.79 Å². The van der Waals surface area contributed by atoms with E-state index in [1.807, 2.05) is 61.5 Å². The lowest BCUT2D eigenvalue weighted by Crippen LogP contribution is -2.42. The molecule has 1 amide bonds. The van der Waals surface area contributed by atoms with Crippen LogP contribution in [0.25, 0.3) is 10.9 Å². The lowest BCUT2D eigenvalue weighted by Gasteiger charge is -2.17. The summed E-state index contributed by atoms with van der Waals surface area (Å²) in [5, 5.41) is 13.2. The third kappa shape index (κ3) is 4.11. The summed E-state index contributed by atoms with van der Waals surface area (Å²) in [6, 6.07) is 16.5. The molecule has 1 aromatic heterocycles. The van der Waals surface area contributed by atoms with Crippen molar-refractivity contribution < 1.29 is 14.7 Å². The first-order valence-electron chi connectivity index (χ1n) is 8.66. The van der Waals surface area contributed by atoms with Crippen LogP contribution in [0, 0.1) is 0 Å². The second-order valence-corrected chi connectivity index (χ2v) is 6.54. The Labute approximate surface area is 152 Å². The highest BCUT2D eigenvalue weighted by atomic mass is 16.4. The highest BCUT2D eigenvalue weighted by Crippen LogP contribution is 2.20. The normalized spacial score (nSPS) is 13.3. The molecule has 2 atom stereocenters. The van der Waals surface area contributed by atoms with Gasteiger partial charge >= 0.3 is 5.97 Å². The van der Waals surface area contributed by atoms with Crippen molar-refractivity contribution in [2.75, 3.05) is 0 Å². The summed E-state index contributed by atoms with van der Waals surface area (Å²) >= 11 is 0. The number of amides is 1. The highest BCUT2D eigenvalue weighted by molar-refractivity contribution is 5.86. The van der Waals surface area contributed by atoms with E-state index in [1.54, 1.807) is 6.20 Å². The minimum Gasteiger partial charge on any atom is -0.480 e. The number of para-hydroxylation sites is 1. The molecule has 134 valence electrons. The third-order valence-corrected chi connectivity index (χ3v) is 4.59. The second kappa shape index (κ2) is 7.87. The van der Waals surface area contributed by atoms with E-state index in [0.717, 1.165) is 22.0 Å². The SMILES string of the molecule is CC(CC(=O)N[C@@H](Cc1c[nH]c2ccccc12)C(=O)O)c1ccccc1. The number of carbonyl (C=O) groups excluding carboxylic acids is 1. The first kappa shape index (κ1) is 17.7. The maximum atomic E-state index is 12.4. The van der Waals surface area contributed by atoms with Gasteiger partial charge < -0.3 is 15.4 Å². The summed E-state index contributed by atoms with van der Waals surface area (Å²) in [6.07, 6.45) is 2.30. The molecular weight excluding hydrogens is 328 g/mol. The zero-order valence-electron chi connectivity index (χ0n) is 14.6. The molecule has 1 heterocycles. The Morgan fingerprint density at radius 3 is 2.50 bits per heavy atom. The van der Waals surface area contributed by atoms with E-state index in [0.29, 0.717) is 0 Å². The van der Waals surface area contributed by atoms with Gasteiger partial charge in [-0.1, -0.05) is 55.5 Å². The second-order valence-electron chi connectivity index (χ2n) is 6.54. The molecule has 3 N–H and O–H groups in total. The fraction of sp³-hybridized carbons (Fsp3) is 0.238. The van der Waals surface area contributed by atoms with Gasteiger partial charge in [0.1, 0.15) is 6.04 Å². The third-order valence-electron chi connectivity index (χ3n) is 4.59. The predicted molar refractivity (Wildman–Crippen MR) is 101 cm³/mol. The number of hydrogen-bond acceptors (Lipinski definition) is 2. The Balaban J connectivity index is 1.67. The molecule has 0 aliphatic heterocycles. The Morgan fingerprint density at radius 2 is 1.77 bits per heavy atom. The van der Waals surface area contributed by atoms with E-state index in [1.165, 1.54) is 0 Å².